The summed E-state index contributed by atoms with van der Waals surface area (Å²) in [6, 6.07) is 0. The molecule has 0 aliphatic heterocycles. The van der Waals surface area contributed by atoms with E-state index in [1.165, 1.54) is 5.01 Å². The molecule has 0 saturated carbocycles. The van der Waals surface area contributed by atoms with E-state index >= 15 is 0 Å². The number of hydrazine groups is 1. The monoisotopic (exact) mass is 203 g/mol. The number of nitrogens with zero attached hydrogens (tertiary/aromatic N) is 3. The smallest absolute Gasteiger partial charge is 0.230 e. The van der Waals surface area contributed by atoms with E-state index in [4.69, 9.17) is 5.21 Å². The van der Waals surface area contributed by atoms with Crippen LogP contribution in [0.3, 0.4) is 0 Å². The van der Waals surface area contributed by atoms with E-state index in [0.29, 0.717) is 12.5 Å². The average molecular weight is 203 g/mol. The number of hydrogen-bond donors (Lipinski definition) is 1. The van der Waals surface area contributed by atoms with Crippen LogP contribution in [0.2, 0.25) is 0 Å². The molecule has 0 atom stereocenters. The third-order valence-corrected chi connectivity index (χ3v) is 1.98. The van der Waals surface area contributed by atoms with Gasteiger partial charge >= 0.3 is 0 Å². The highest BCUT2D eigenvalue weighted by molar-refractivity contribution is 4.69. The van der Waals surface area contributed by atoms with Gasteiger partial charge in [0.25, 0.3) is 0 Å². The Morgan fingerprint density at radius 1 is 1.43 bits per heavy atom. The fourth-order valence-electron chi connectivity index (χ4n) is 1.11. The number of rotatable bonds is 4. The molecule has 14 heavy (non-hydrogen) atoms. The third-order valence-electron chi connectivity index (χ3n) is 1.98. The summed E-state index contributed by atoms with van der Waals surface area (Å²) in [5, 5.41) is 23.8. The van der Waals surface area contributed by atoms with Gasteiger partial charge in [-0.25, -0.2) is 0 Å². The first kappa shape index (κ1) is 13.0. The van der Waals surface area contributed by atoms with E-state index < -0.39 is 0 Å². The molecule has 0 aliphatic carbocycles. The van der Waals surface area contributed by atoms with Crippen molar-refractivity contribution in [2.24, 2.45) is 11.2 Å². The molecule has 0 spiro atoms. The summed E-state index contributed by atoms with van der Waals surface area (Å²) in [6.07, 6.45) is 0.894. The highest BCUT2D eigenvalue weighted by Crippen LogP contribution is 2.15. The van der Waals surface area contributed by atoms with Gasteiger partial charge in [-0.3, -0.25) is 0 Å². The van der Waals surface area contributed by atoms with Crippen molar-refractivity contribution in [1.82, 2.24) is 5.01 Å². The summed E-state index contributed by atoms with van der Waals surface area (Å²) in [5.74, 6) is 0.520. The van der Waals surface area contributed by atoms with Gasteiger partial charge in [0, 0.05) is 0 Å². The average Bonchev–Trinajstić information content (AvgIpc) is 2.01. The molecule has 5 nitrogen and oxygen atoms in total. The highest BCUT2D eigenvalue weighted by Gasteiger charge is 2.28. The van der Waals surface area contributed by atoms with Crippen LogP contribution in [0.15, 0.2) is 5.28 Å². The van der Waals surface area contributed by atoms with Gasteiger partial charge in [-0.1, -0.05) is 13.8 Å². The van der Waals surface area contributed by atoms with Gasteiger partial charge in [-0.05, 0) is 33.1 Å². The SMILES string of the molecule is CC(C)CCN([N+]([O-])=NO)C(C)(C)C. The molecule has 84 valence electrons. The van der Waals surface area contributed by atoms with Gasteiger partial charge in [-0.2, -0.15) is 0 Å². The molecule has 0 aromatic rings. The lowest BCUT2D eigenvalue weighted by Gasteiger charge is -2.30. The van der Waals surface area contributed by atoms with E-state index in [9.17, 15) is 5.21 Å². The summed E-state index contributed by atoms with van der Waals surface area (Å²) < 4.78 is 0. The molecule has 0 bridgehead atoms. The molecule has 0 amide bonds. The van der Waals surface area contributed by atoms with Crippen LogP contribution >= 0.6 is 0 Å². The zero-order valence-corrected chi connectivity index (χ0v) is 9.69. The minimum atomic E-state index is -0.330. The van der Waals surface area contributed by atoms with Crippen molar-refractivity contribution in [2.45, 2.75) is 46.6 Å². The Kier molecular flexibility index (Phi) is 4.67. The second-order valence-corrected chi connectivity index (χ2v) is 4.82. The lowest BCUT2D eigenvalue weighted by molar-refractivity contribution is -0.724. The summed E-state index contributed by atoms with van der Waals surface area (Å²) >= 11 is 0. The van der Waals surface area contributed by atoms with Crippen LogP contribution in [-0.4, -0.2) is 27.3 Å². The van der Waals surface area contributed by atoms with Crippen LogP contribution in [0, 0.1) is 11.1 Å². The Balaban J connectivity index is 4.43. The highest BCUT2D eigenvalue weighted by atomic mass is 16.6. The van der Waals surface area contributed by atoms with Crippen molar-refractivity contribution in [3.8, 4) is 0 Å². The van der Waals surface area contributed by atoms with Gasteiger partial charge in [0.15, 0.2) is 0 Å². The Labute approximate surface area is 85.5 Å². The zero-order valence-electron chi connectivity index (χ0n) is 9.69. The molecular formula is C9H21N3O2. The zero-order chi connectivity index (χ0) is 11.4. The van der Waals surface area contributed by atoms with Crippen molar-refractivity contribution in [3.63, 3.8) is 0 Å². The Morgan fingerprint density at radius 2 is 1.93 bits per heavy atom. The Hall–Kier alpha value is -1.00. The summed E-state index contributed by atoms with van der Waals surface area (Å²) in [7, 11) is 0. The fraction of sp³-hybridized carbons (Fsp3) is 1.00. The predicted octanol–water partition coefficient (Wildman–Crippen LogP) is 2.40. The van der Waals surface area contributed by atoms with Crippen molar-refractivity contribution in [2.75, 3.05) is 6.54 Å². The van der Waals surface area contributed by atoms with E-state index in [-0.39, 0.29) is 10.5 Å². The Morgan fingerprint density at radius 3 is 2.21 bits per heavy atom. The quantitative estimate of drug-likeness (QED) is 0.433. The third kappa shape index (κ3) is 4.30. The lowest BCUT2D eigenvalue weighted by atomic mass is 10.1. The maximum absolute atomic E-state index is 11.2. The first-order chi connectivity index (χ1) is 6.29. The molecule has 0 radical (unpaired) electrons. The van der Waals surface area contributed by atoms with Crippen LogP contribution < -0.4 is 0 Å². The van der Waals surface area contributed by atoms with Gasteiger partial charge in [0.05, 0.1) is 17.1 Å². The van der Waals surface area contributed by atoms with E-state index in [2.05, 4.69) is 19.1 Å². The van der Waals surface area contributed by atoms with Gasteiger partial charge < -0.3 is 10.4 Å². The maximum Gasteiger partial charge on any atom is 0.230 e. The summed E-state index contributed by atoms with van der Waals surface area (Å²) in [6.45, 7) is 10.5. The van der Waals surface area contributed by atoms with Crippen molar-refractivity contribution >= 4 is 0 Å². The van der Waals surface area contributed by atoms with Crippen molar-refractivity contribution in [3.05, 3.63) is 5.21 Å². The molecule has 0 unspecified atom stereocenters. The van der Waals surface area contributed by atoms with E-state index in [1.807, 2.05) is 20.8 Å². The molecular weight excluding hydrogens is 182 g/mol. The molecule has 0 rings (SSSR count). The normalized spacial score (nSPS) is 13.4. The molecule has 1 N–H and O–H groups in total. The summed E-state index contributed by atoms with van der Waals surface area (Å²) in [4.78, 5) is 0.252. The minimum absolute atomic E-state index is 0.252. The van der Waals surface area contributed by atoms with Gasteiger partial charge in [0.2, 0.25) is 5.28 Å². The van der Waals surface area contributed by atoms with Crippen LogP contribution in [0.25, 0.3) is 0 Å². The first-order valence-electron chi connectivity index (χ1n) is 4.89. The van der Waals surface area contributed by atoms with Crippen LogP contribution in [0.5, 0.6) is 0 Å². The van der Waals surface area contributed by atoms with Gasteiger partial charge in [0.1, 0.15) is 0 Å². The number of hydrogen-bond acceptors (Lipinski definition) is 2. The van der Waals surface area contributed by atoms with Gasteiger partial charge in [-0.15, -0.1) is 5.01 Å². The van der Waals surface area contributed by atoms with Crippen molar-refractivity contribution in [1.29, 1.82) is 0 Å². The molecule has 0 aliphatic rings. The topological polar surface area (TPSA) is 61.9 Å². The summed E-state index contributed by atoms with van der Waals surface area (Å²) in [5.41, 5.74) is -0.330. The van der Waals surface area contributed by atoms with Crippen molar-refractivity contribution < 1.29 is 10.2 Å². The maximum atomic E-state index is 11.2. The second-order valence-electron chi connectivity index (χ2n) is 4.82. The fourth-order valence-corrected chi connectivity index (χ4v) is 1.11. The predicted molar refractivity (Wildman–Crippen MR) is 53.8 cm³/mol. The van der Waals surface area contributed by atoms with Crippen LogP contribution in [-0.2, 0) is 0 Å². The van der Waals surface area contributed by atoms with E-state index in [0.717, 1.165) is 6.42 Å². The lowest BCUT2D eigenvalue weighted by Crippen LogP contribution is -2.46. The molecule has 0 saturated heterocycles. The molecule has 0 heterocycles. The standard InChI is InChI=1S/C9H21N3O2/c1-8(2)6-7-11(9(3,4)5)12(14)10-13/h8,13H,6-7H2,1-5H3. The second kappa shape index (κ2) is 5.02. The minimum Gasteiger partial charge on any atom is -0.569 e. The Bertz CT molecular complexity index is 197. The van der Waals surface area contributed by atoms with E-state index in [1.54, 1.807) is 0 Å². The molecule has 5 heteroatoms. The first-order valence-corrected chi connectivity index (χ1v) is 4.89. The van der Waals surface area contributed by atoms with Crippen LogP contribution in [0.4, 0.5) is 0 Å². The molecule has 0 aromatic heterocycles. The molecule has 0 fully saturated rings. The largest absolute Gasteiger partial charge is 0.569 e. The molecule has 0 aromatic carbocycles. The van der Waals surface area contributed by atoms with Crippen LogP contribution in [0.1, 0.15) is 41.0 Å².